The predicted octanol–water partition coefficient (Wildman–Crippen LogP) is 5.42. The van der Waals surface area contributed by atoms with Crippen LogP contribution in [-0.4, -0.2) is 16.5 Å². The summed E-state index contributed by atoms with van der Waals surface area (Å²) < 4.78 is 0. The molecule has 5 heteroatoms. The van der Waals surface area contributed by atoms with Gasteiger partial charge in [0.15, 0.2) is 0 Å². The van der Waals surface area contributed by atoms with Gasteiger partial charge in [0.2, 0.25) is 5.78 Å². The van der Waals surface area contributed by atoms with Gasteiger partial charge in [-0.2, -0.15) is 0 Å². The topological polar surface area (TPSA) is 106 Å². The minimum Gasteiger partial charge on any atom is -0.397 e. The number of hydrogen-bond donors (Lipinski definition) is 3. The number of Topliss-reactive ketones (excluding diaryl/α,β-unsaturated/α-hetero) is 1. The summed E-state index contributed by atoms with van der Waals surface area (Å²) in [5.74, 6) is 0.138. The zero-order valence-corrected chi connectivity index (χ0v) is 18.5. The third kappa shape index (κ3) is 3.69. The van der Waals surface area contributed by atoms with Crippen molar-refractivity contribution in [2.45, 2.75) is 52.4 Å². The van der Waals surface area contributed by atoms with Crippen molar-refractivity contribution in [2.24, 2.45) is 5.92 Å². The number of nitrogen functional groups attached to an aromatic ring is 2. The molecule has 1 aliphatic rings. The predicted molar refractivity (Wildman–Crippen MR) is 128 cm³/mol. The maximum absolute atomic E-state index is 12.8. The van der Waals surface area contributed by atoms with Gasteiger partial charge in [-0.1, -0.05) is 44.9 Å². The second kappa shape index (κ2) is 8.14. The van der Waals surface area contributed by atoms with E-state index >= 15 is 0 Å². The fourth-order valence-electron chi connectivity index (χ4n) is 4.97. The number of nitrogens with zero attached hydrogens (tertiary/aromatic N) is 1. The Balaban J connectivity index is 2.01. The van der Waals surface area contributed by atoms with Gasteiger partial charge in [0.05, 0.1) is 22.6 Å². The molecule has 4 rings (SSSR count). The van der Waals surface area contributed by atoms with E-state index < -0.39 is 0 Å². The Labute approximate surface area is 183 Å². The van der Waals surface area contributed by atoms with Crippen LogP contribution in [0, 0.1) is 18.3 Å². The third-order valence-electron chi connectivity index (χ3n) is 6.48. The Bertz CT molecular complexity index is 1200. The molecule has 0 fully saturated rings. The number of carbonyl (C=O) groups is 1. The number of nitrogens with two attached hydrogens (primary N) is 2. The molecule has 0 saturated heterocycles. The van der Waals surface area contributed by atoms with Crippen molar-refractivity contribution >= 4 is 33.8 Å². The number of fused-ring (bicyclic) bond motifs is 2. The number of aryl methyl sites for hydroxylation is 1. The van der Waals surface area contributed by atoms with Gasteiger partial charge in [-0.15, -0.1) is 0 Å². The van der Waals surface area contributed by atoms with Crippen molar-refractivity contribution in [2.75, 3.05) is 11.5 Å². The molecule has 0 saturated carbocycles. The van der Waals surface area contributed by atoms with Crippen molar-refractivity contribution in [1.29, 1.82) is 5.41 Å². The molecule has 0 bridgehead atoms. The average molecular weight is 415 g/mol. The van der Waals surface area contributed by atoms with Gasteiger partial charge < -0.3 is 16.9 Å². The summed E-state index contributed by atoms with van der Waals surface area (Å²) in [6, 6.07) is 11.6. The molecule has 31 heavy (non-hydrogen) atoms. The van der Waals surface area contributed by atoms with Crippen molar-refractivity contribution in [3.8, 4) is 0 Å². The number of benzene rings is 2. The molecule has 1 aliphatic carbocycles. The first-order valence-corrected chi connectivity index (χ1v) is 11.0. The summed E-state index contributed by atoms with van der Waals surface area (Å²) >= 11 is 0. The first kappa shape index (κ1) is 21.0. The number of carbonyl (C=O) groups excluding carboxylic acids is 1. The monoisotopic (exact) mass is 414 g/mol. The van der Waals surface area contributed by atoms with E-state index in [1.165, 1.54) is 11.1 Å². The number of pyridine rings is 1. The molecule has 5 nitrogen and oxygen atoms in total. The lowest BCUT2D eigenvalue weighted by Gasteiger charge is -2.30. The highest BCUT2D eigenvalue weighted by Gasteiger charge is 2.34. The first-order valence-electron chi connectivity index (χ1n) is 11.0. The first-order chi connectivity index (χ1) is 14.8. The quantitative estimate of drug-likeness (QED) is 0.484. The fourth-order valence-corrected chi connectivity index (χ4v) is 4.97. The van der Waals surface area contributed by atoms with Crippen LogP contribution in [0.2, 0.25) is 0 Å². The lowest BCUT2D eigenvalue weighted by molar-refractivity contribution is 0.105. The van der Waals surface area contributed by atoms with Crippen LogP contribution < -0.4 is 11.5 Å². The van der Waals surface area contributed by atoms with Crippen LogP contribution in [0.25, 0.3) is 10.9 Å². The van der Waals surface area contributed by atoms with Crippen LogP contribution in [-0.2, 0) is 6.42 Å². The molecule has 2 aromatic carbocycles. The largest absolute Gasteiger partial charge is 0.397 e. The van der Waals surface area contributed by atoms with E-state index in [4.69, 9.17) is 21.9 Å². The molecule has 160 valence electrons. The normalized spacial score (nSPS) is 17.1. The Morgan fingerprint density at radius 3 is 2.65 bits per heavy atom. The van der Waals surface area contributed by atoms with E-state index in [1.807, 2.05) is 24.3 Å². The second-order valence-electron chi connectivity index (χ2n) is 8.84. The number of para-hydroxylation sites is 1. The molecular formula is C26H30N4O. The van der Waals surface area contributed by atoms with E-state index in [9.17, 15) is 4.79 Å². The number of hydrogen-bond acceptors (Lipinski definition) is 5. The lowest BCUT2D eigenvalue weighted by Crippen LogP contribution is -2.27. The van der Waals surface area contributed by atoms with Crippen molar-refractivity contribution in [1.82, 2.24) is 4.98 Å². The van der Waals surface area contributed by atoms with Gasteiger partial charge in [-0.25, -0.2) is 0 Å². The molecule has 1 heterocycles. The van der Waals surface area contributed by atoms with Crippen LogP contribution in [0.5, 0.6) is 0 Å². The van der Waals surface area contributed by atoms with Crippen LogP contribution in [0.1, 0.15) is 71.8 Å². The Morgan fingerprint density at radius 1 is 1.19 bits per heavy atom. The molecule has 2 atom stereocenters. The zero-order chi connectivity index (χ0) is 22.3. The molecular weight excluding hydrogens is 384 g/mol. The van der Waals surface area contributed by atoms with E-state index in [1.54, 1.807) is 6.07 Å². The van der Waals surface area contributed by atoms with Gasteiger partial charge in [-0.3, -0.25) is 9.78 Å². The molecule has 5 N–H and O–H groups in total. The SMILES string of the molecule is CCCC(C)Cc1c(C)nc2ccccc2c1C1CC(=N)C(=O)c2cc(N)c(N)cc21. The highest BCUT2D eigenvalue weighted by atomic mass is 16.1. The van der Waals surface area contributed by atoms with Crippen LogP contribution in [0.4, 0.5) is 11.4 Å². The smallest absolute Gasteiger partial charge is 0.206 e. The standard InChI is InChI=1S/C26H30N4O/c1-4-7-14(2)10-17-15(3)30-24-9-6-5-8-16(24)25(17)19-12-23(29)26(31)20-13-22(28)21(27)11-18(19)20/h5-6,8-9,11,13-14,19,29H,4,7,10,12,27-28H2,1-3H3. The molecule has 3 aromatic rings. The number of rotatable bonds is 5. The van der Waals surface area contributed by atoms with Crippen molar-refractivity contribution in [3.63, 3.8) is 0 Å². The maximum Gasteiger partial charge on any atom is 0.206 e. The van der Waals surface area contributed by atoms with Crippen LogP contribution in [0.15, 0.2) is 36.4 Å². The van der Waals surface area contributed by atoms with Gasteiger partial charge >= 0.3 is 0 Å². The zero-order valence-electron chi connectivity index (χ0n) is 18.5. The average Bonchev–Trinajstić information content (AvgIpc) is 2.73. The highest BCUT2D eigenvalue weighted by Crippen LogP contribution is 2.43. The summed E-state index contributed by atoms with van der Waals surface area (Å²) in [5, 5.41) is 9.52. The van der Waals surface area contributed by atoms with E-state index in [-0.39, 0.29) is 17.4 Å². The number of nitrogens with one attached hydrogen (secondary N) is 1. The second-order valence-corrected chi connectivity index (χ2v) is 8.84. The lowest BCUT2D eigenvalue weighted by atomic mass is 9.73. The molecule has 0 aliphatic heterocycles. The van der Waals surface area contributed by atoms with Gasteiger partial charge in [0.25, 0.3) is 0 Å². The van der Waals surface area contributed by atoms with Crippen molar-refractivity contribution < 1.29 is 4.79 Å². The summed E-state index contributed by atoms with van der Waals surface area (Å²) in [7, 11) is 0. The fraction of sp³-hybridized carbons (Fsp3) is 0.346. The molecule has 2 unspecified atom stereocenters. The van der Waals surface area contributed by atoms with Gasteiger partial charge in [0, 0.05) is 29.0 Å². The Hall–Kier alpha value is -3.21. The molecule has 1 aromatic heterocycles. The summed E-state index contributed by atoms with van der Waals surface area (Å²) in [4.78, 5) is 17.7. The van der Waals surface area contributed by atoms with Crippen molar-refractivity contribution in [3.05, 3.63) is 64.3 Å². The summed E-state index contributed by atoms with van der Waals surface area (Å²) in [6.07, 6.45) is 3.56. The molecule has 0 spiro atoms. The van der Waals surface area contributed by atoms with Crippen LogP contribution >= 0.6 is 0 Å². The minimum atomic E-state index is -0.256. The summed E-state index contributed by atoms with van der Waals surface area (Å²) in [5.41, 5.74) is 18.9. The van der Waals surface area contributed by atoms with Gasteiger partial charge in [-0.05, 0) is 54.2 Å². The highest BCUT2D eigenvalue weighted by molar-refractivity contribution is 6.46. The third-order valence-corrected chi connectivity index (χ3v) is 6.48. The number of ketones is 1. The minimum absolute atomic E-state index is 0.118. The number of anilines is 2. The van der Waals surface area contributed by atoms with E-state index in [2.05, 4.69) is 26.8 Å². The van der Waals surface area contributed by atoms with E-state index in [0.29, 0.717) is 29.3 Å². The Kier molecular flexibility index (Phi) is 5.52. The summed E-state index contributed by atoms with van der Waals surface area (Å²) in [6.45, 7) is 6.56. The van der Waals surface area contributed by atoms with Gasteiger partial charge in [0.1, 0.15) is 0 Å². The number of aromatic nitrogens is 1. The van der Waals surface area contributed by atoms with Crippen LogP contribution in [0.3, 0.4) is 0 Å². The Morgan fingerprint density at radius 2 is 1.90 bits per heavy atom. The molecule has 0 amide bonds. The van der Waals surface area contributed by atoms with E-state index in [0.717, 1.165) is 41.4 Å². The maximum atomic E-state index is 12.8. The molecule has 0 radical (unpaired) electrons.